The van der Waals surface area contributed by atoms with E-state index in [9.17, 15) is 14.9 Å². The van der Waals surface area contributed by atoms with Crippen LogP contribution in [-0.2, 0) is 9.59 Å². The molecule has 0 fully saturated rings. The highest BCUT2D eigenvalue weighted by molar-refractivity contribution is 8.14. The first kappa shape index (κ1) is 24.6. The quantitative estimate of drug-likeness (QED) is 0.474. The summed E-state index contributed by atoms with van der Waals surface area (Å²) < 4.78 is 10.5. The van der Waals surface area contributed by atoms with E-state index in [0.717, 1.165) is 17.3 Å². The predicted molar refractivity (Wildman–Crippen MR) is 141 cm³/mol. The lowest BCUT2D eigenvalue weighted by Gasteiger charge is -2.18. The Hall–Kier alpha value is -4.55. The lowest BCUT2D eigenvalue weighted by atomic mass is 10.2. The normalized spacial score (nSPS) is 13.8. The van der Waals surface area contributed by atoms with E-state index in [1.807, 2.05) is 12.1 Å². The Morgan fingerprint density at radius 3 is 2.53 bits per heavy atom. The second-order valence-electron chi connectivity index (χ2n) is 7.53. The van der Waals surface area contributed by atoms with E-state index in [2.05, 4.69) is 16.4 Å². The smallest absolute Gasteiger partial charge is 0.283 e. The van der Waals surface area contributed by atoms with Gasteiger partial charge in [0.15, 0.2) is 5.17 Å². The van der Waals surface area contributed by atoms with Crippen molar-refractivity contribution in [2.24, 2.45) is 4.99 Å². The molecule has 1 aliphatic rings. The van der Waals surface area contributed by atoms with Crippen molar-refractivity contribution in [1.82, 2.24) is 0 Å². The Kier molecular flexibility index (Phi) is 7.68. The second-order valence-corrected chi connectivity index (χ2v) is 8.48. The molecular weight excluding hydrogens is 476 g/mol. The van der Waals surface area contributed by atoms with Gasteiger partial charge in [0, 0.05) is 6.07 Å². The van der Waals surface area contributed by atoms with Gasteiger partial charge in [0.25, 0.3) is 5.91 Å². The van der Waals surface area contributed by atoms with E-state index in [1.54, 1.807) is 81.0 Å². The van der Waals surface area contributed by atoms with Crippen LogP contribution in [0.15, 0.2) is 83.5 Å². The van der Waals surface area contributed by atoms with E-state index in [0.29, 0.717) is 33.6 Å². The van der Waals surface area contributed by atoms with Gasteiger partial charge in [-0.3, -0.25) is 14.5 Å². The van der Waals surface area contributed by atoms with E-state index in [1.165, 1.54) is 4.90 Å². The number of amidine groups is 1. The first-order chi connectivity index (χ1) is 17.5. The van der Waals surface area contributed by atoms with Gasteiger partial charge in [0.05, 0.1) is 36.9 Å². The lowest BCUT2D eigenvalue weighted by Crippen LogP contribution is -2.31. The van der Waals surface area contributed by atoms with Crippen molar-refractivity contribution >= 4 is 46.2 Å². The topological polar surface area (TPSA) is 104 Å². The summed E-state index contributed by atoms with van der Waals surface area (Å²) in [7, 11) is 3.13. The number of carbonyl (C=O) groups excluding carboxylic acids is 2. The minimum Gasteiger partial charge on any atom is -0.497 e. The first-order valence-electron chi connectivity index (χ1n) is 10.9. The van der Waals surface area contributed by atoms with Crippen molar-refractivity contribution in [1.29, 1.82) is 5.26 Å². The number of carbonyl (C=O) groups is 2. The summed E-state index contributed by atoms with van der Waals surface area (Å²) in [4.78, 5) is 32.0. The molecule has 0 saturated carbocycles. The highest BCUT2D eigenvalue weighted by Crippen LogP contribution is 2.31. The minimum atomic E-state index is -0.323. The number of para-hydroxylation sites is 1. The molecule has 180 valence electrons. The molecule has 0 spiro atoms. The van der Waals surface area contributed by atoms with Crippen LogP contribution < -0.4 is 19.7 Å². The number of anilines is 2. The molecule has 0 atom stereocenters. The lowest BCUT2D eigenvalue weighted by molar-refractivity contribution is -0.114. The fraction of sp³-hybridized carbons (Fsp3) is 0.111. The van der Waals surface area contributed by atoms with E-state index in [-0.39, 0.29) is 23.3 Å². The molecule has 0 aliphatic carbocycles. The summed E-state index contributed by atoms with van der Waals surface area (Å²) >= 11 is 1.12. The molecule has 1 heterocycles. The van der Waals surface area contributed by atoms with Crippen molar-refractivity contribution in [3.8, 4) is 17.6 Å². The Labute approximate surface area is 212 Å². The second kappa shape index (κ2) is 11.3. The van der Waals surface area contributed by atoms with E-state index in [4.69, 9.17) is 9.47 Å². The Morgan fingerprint density at radius 1 is 1.06 bits per heavy atom. The largest absolute Gasteiger partial charge is 0.497 e. The molecule has 3 aromatic carbocycles. The maximum Gasteiger partial charge on any atom is 0.283 e. The monoisotopic (exact) mass is 498 g/mol. The molecule has 1 aliphatic heterocycles. The number of methoxy groups -OCH3 is 2. The number of amides is 2. The van der Waals surface area contributed by atoms with Crippen LogP contribution in [0, 0.1) is 11.3 Å². The van der Waals surface area contributed by atoms with Crippen molar-refractivity contribution in [2.45, 2.75) is 0 Å². The van der Waals surface area contributed by atoms with Gasteiger partial charge in [-0.25, -0.2) is 4.99 Å². The summed E-state index contributed by atoms with van der Waals surface area (Å²) in [5.41, 5.74) is 2.39. The molecule has 2 amide bonds. The number of aliphatic imine (C=N–C) groups is 1. The third kappa shape index (κ3) is 5.56. The van der Waals surface area contributed by atoms with Crippen molar-refractivity contribution in [3.05, 3.63) is 89.6 Å². The Morgan fingerprint density at radius 2 is 1.81 bits per heavy atom. The standard InChI is InChI=1S/C27H22N4O4S/c1-34-21-12-10-18(11-13-21)14-24-26(33)31(20-7-5-8-22(15-20)35-2)27(30-24)36-17-25(32)29-23-9-4-3-6-19(23)16-28/h3-15H,17H2,1-2H3,(H,29,32). The molecule has 0 bridgehead atoms. The predicted octanol–water partition coefficient (Wildman–Crippen LogP) is 4.69. The summed E-state index contributed by atoms with van der Waals surface area (Å²) in [6.45, 7) is 0. The van der Waals surface area contributed by atoms with Gasteiger partial charge in [0.1, 0.15) is 23.3 Å². The Balaban J connectivity index is 1.59. The average Bonchev–Trinajstić information content (AvgIpc) is 3.22. The molecule has 8 nitrogen and oxygen atoms in total. The number of nitrogens with zero attached hydrogens (tertiary/aromatic N) is 3. The van der Waals surface area contributed by atoms with Crippen LogP contribution in [0.2, 0.25) is 0 Å². The van der Waals surface area contributed by atoms with Gasteiger partial charge in [-0.1, -0.05) is 42.1 Å². The minimum absolute atomic E-state index is 0.0117. The van der Waals surface area contributed by atoms with Gasteiger partial charge < -0.3 is 14.8 Å². The number of ether oxygens (including phenoxy) is 2. The van der Waals surface area contributed by atoms with Crippen LogP contribution in [0.3, 0.4) is 0 Å². The van der Waals surface area contributed by atoms with Gasteiger partial charge >= 0.3 is 0 Å². The number of hydrogen-bond donors (Lipinski definition) is 1. The molecule has 0 aromatic heterocycles. The average molecular weight is 499 g/mol. The van der Waals surface area contributed by atoms with Crippen molar-refractivity contribution in [2.75, 3.05) is 30.2 Å². The summed E-state index contributed by atoms with van der Waals surface area (Å²) in [6, 6.07) is 23.1. The zero-order valence-corrected chi connectivity index (χ0v) is 20.4. The molecule has 1 N–H and O–H groups in total. The van der Waals surface area contributed by atoms with Crippen molar-refractivity contribution in [3.63, 3.8) is 0 Å². The maximum atomic E-state index is 13.4. The van der Waals surface area contributed by atoms with Gasteiger partial charge in [0.2, 0.25) is 5.91 Å². The van der Waals surface area contributed by atoms with Gasteiger partial charge in [-0.15, -0.1) is 0 Å². The molecule has 4 rings (SSSR count). The van der Waals surface area contributed by atoms with Crippen LogP contribution in [0.4, 0.5) is 11.4 Å². The fourth-order valence-electron chi connectivity index (χ4n) is 3.43. The summed E-state index contributed by atoms with van der Waals surface area (Å²) in [6.07, 6.45) is 1.69. The van der Waals surface area contributed by atoms with Crippen LogP contribution in [0.25, 0.3) is 6.08 Å². The Bertz CT molecular complexity index is 1390. The molecule has 0 saturated heterocycles. The first-order valence-corrected chi connectivity index (χ1v) is 11.9. The van der Waals surface area contributed by atoms with Crippen LogP contribution in [0.1, 0.15) is 11.1 Å². The molecule has 3 aromatic rings. The molecular formula is C27H22N4O4S. The maximum absolute atomic E-state index is 13.4. The van der Waals surface area contributed by atoms with Crippen LogP contribution in [0.5, 0.6) is 11.5 Å². The molecule has 36 heavy (non-hydrogen) atoms. The number of nitrogens with one attached hydrogen (secondary N) is 1. The number of thioether (sulfide) groups is 1. The number of hydrogen-bond acceptors (Lipinski definition) is 7. The van der Waals surface area contributed by atoms with Gasteiger partial charge in [-0.2, -0.15) is 5.26 Å². The highest BCUT2D eigenvalue weighted by Gasteiger charge is 2.32. The molecule has 9 heteroatoms. The SMILES string of the molecule is COc1ccc(C=C2N=C(SCC(=O)Nc3ccccc3C#N)N(c3cccc(OC)c3)C2=O)cc1. The van der Waals surface area contributed by atoms with Crippen LogP contribution >= 0.6 is 11.8 Å². The molecule has 0 radical (unpaired) electrons. The summed E-state index contributed by atoms with van der Waals surface area (Å²) in [5, 5.41) is 12.4. The van der Waals surface area contributed by atoms with E-state index < -0.39 is 0 Å². The molecule has 0 unspecified atom stereocenters. The third-order valence-electron chi connectivity index (χ3n) is 5.21. The van der Waals surface area contributed by atoms with Crippen molar-refractivity contribution < 1.29 is 19.1 Å². The number of benzene rings is 3. The zero-order valence-electron chi connectivity index (χ0n) is 19.6. The van der Waals surface area contributed by atoms with Gasteiger partial charge in [-0.05, 0) is 48.0 Å². The van der Waals surface area contributed by atoms with Crippen LogP contribution in [-0.4, -0.2) is 37.0 Å². The zero-order chi connectivity index (χ0) is 25.5. The number of rotatable bonds is 7. The highest BCUT2D eigenvalue weighted by atomic mass is 32.2. The third-order valence-corrected chi connectivity index (χ3v) is 6.15. The fourth-order valence-corrected chi connectivity index (χ4v) is 4.25. The number of nitriles is 1. The van der Waals surface area contributed by atoms with E-state index >= 15 is 0 Å². The summed E-state index contributed by atoms with van der Waals surface area (Å²) in [5.74, 6) is 0.634.